The van der Waals surface area contributed by atoms with Gasteiger partial charge in [-0.05, 0) is 45.8 Å². The predicted molar refractivity (Wildman–Crippen MR) is 68.5 cm³/mol. The van der Waals surface area contributed by atoms with E-state index in [4.69, 9.17) is 10.5 Å². The molecule has 0 radical (unpaired) electrons. The van der Waals surface area contributed by atoms with Gasteiger partial charge in [0.15, 0.2) is 11.6 Å². The van der Waals surface area contributed by atoms with E-state index in [0.29, 0.717) is 10.0 Å². The molecule has 0 aliphatic carbocycles. The van der Waals surface area contributed by atoms with E-state index in [2.05, 4.69) is 15.9 Å². The summed E-state index contributed by atoms with van der Waals surface area (Å²) in [4.78, 5) is 0. The largest absolute Gasteiger partial charge is 0.453 e. The van der Waals surface area contributed by atoms with Crippen LogP contribution in [-0.2, 0) is 6.54 Å². The number of ether oxygens (including phenoxy) is 1. The molecule has 2 aromatic rings. The summed E-state index contributed by atoms with van der Waals surface area (Å²) < 4.78 is 32.6. The highest BCUT2D eigenvalue weighted by Crippen LogP contribution is 2.31. The Hall–Kier alpha value is -1.46. The first-order valence-electron chi connectivity index (χ1n) is 5.21. The molecule has 0 heterocycles. The van der Waals surface area contributed by atoms with E-state index in [9.17, 15) is 8.78 Å². The smallest absolute Gasteiger partial charge is 0.166 e. The van der Waals surface area contributed by atoms with Gasteiger partial charge in [-0.1, -0.05) is 6.07 Å². The Labute approximate surface area is 112 Å². The van der Waals surface area contributed by atoms with Crippen molar-refractivity contribution in [3.63, 3.8) is 0 Å². The second kappa shape index (κ2) is 5.46. The second-order valence-corrected chi connectivity index (χ2v) is 4.50. The highest BCUT2D eigenvalue weighted by molar-refractivity contribution is 9.10. The molecule has 0 saturated heterocycles. The Morgan fingerprint density at radius 3 is 2.50 bits per heavy atom. The number of rotatable bonds is 3. The Morgan fingerprint density at radius 2 is 1.83 bits per heavy atom. The first-order valence-corrected chi connectivity index (χ1v) is 6.01. The van der Waals surface area contributed by atoms with Gasteiger partial charge in [0.05, 0.1) is 4.47 Å². The van der Waals surface area contributed by atoms with Gasteiger partial charge in [0.25, 0.3) is 0 Å². The molecule has 2 nitrogen and oxygen atoms in total. The minimum Gasteiger partial charge on any atom is -0.453 e. The molecule has 18 heavy (non-hydrogen) atoms. The van der Waals surface area contributed by atoms with Crippen LogP contribution in [0.2, 0.25) is 0 Å². The van der Waals surface area contributed by atoms with E-state index in [0.717, 1.165) is 0 Å². The summed E-state index contributed by atoms with van der Waals surface area (Å²) in [6, 6.07) is 8.38. The van der Waals surface area contributed by atoms with Crippen molar-refractivity contribution in [3.8, 4) is 11.5 Å². The molecule has 94 valence electrons. The Balaban J connectivity index is 2.31. The van der Waals surface area contributed by atoms with Crippen LogP contribution in [0.15, 0.2) is 40.9 Å². The van der Waals surface area contributed by atoms with Gasteiger partial charge < -0.3 is 10.5 Å². The molecular weight excluding hydrogens is 304 g/mol. The molecule has 2 N–H and O–H groups in total. The van der Waals surface area contributed by atoms with Crippen LogP contribution in [0.25, 0.3) is 0 Å². The third kappa shape index (κ3) is 2.86. The van der Waals surface area contributed by atoms with Crippen molar-refractivity contribution in [2.45, 2.75) is 6.54 Å². The summed E-state index contributed by atoms with van der Waals surface area (Å²) in [5.41, 5.74) is 6.07. The van der Waals surface area contributed by atoms with Crippen LogP contribution in [0.4, 0.5) is 8.78 Å². The van der Waals surface area contributed by atoms with Crippen molar-refractivity contribution in [3.05, 3.63) is 58.1 Å². The number of nitrogens with two attached hydrogens (primary N) is 1. The van der Waals surface area contributed by atoms with Gasteiger partial charge in [0.2, 0.25) is 0 Å². The average Bonchev–Trinajstić information content (AvgIpc) is 2.36. The van der Waals surface area contributed by atoms with Crippen molar-refractivity contribution < 1.29 is 13.5 Å². The van der Waals surface area contributed by atoms with Crippen LogP contribution in [-0.4, -0.2) is 0 Å². The molecule has 0 amide bonds. The van der Waals surface area contributed by atoms with E-state index in [1.54, 1.807) is 6.07 Å². The van der Waals surface area contributed by atoms with Gasteiger partial charge in [0, 0.05) is 12.6 Å². The second-order valence-electron chi connectivity index (χ2n) is 3.65. The maximum Gasteiger partial charge on any atom is 0.166 e. The van der Waals surface area contributed by atoms with E-state index >= 15 is 0 Å². The highest BCUT2D eigenvalue weighted by atomic mass is 79.9. The topological polar surface area (TPSA) is 35.2 Å². The molecule has 0 spiro atoms. The summed E-state index contributed by atoms with van der Waals surface area (Å²) in [6.45, 7) is 0.251. The fourth-order valence-corrected chi connectivity index (χ4v) is 1.76. The van der Waals surface area contributed by atoms with Crippen LogP contribution in [0, 0.1) is 11.6 Å². The first-order chi connectivity index (χ1) is 8.60. The number of benzene rings is 2. The lowest BCUT2D eigenvalue weighted by Gasteiger charge is -2.09. The van der Waals surface area contributed by atoms with Crippen molar-refractivity contribution in [2.75, 3.05) is 0 Å². The maximum absolute atomic E-state index is 13.7. The summed E-state index contributed by atoms with van der Waals surface area (Å²) in [5, 5.41) is 0. The lowest BCUT2D eigenvalue weighted by atomic mass is 10.2. The highest BCUT2D eigenvalue weighted by Gasteiger charge is 2.09. The zero-order valence-electron chi connectivity index (χ0n) is 9.29. The van der Waals surface area contributed by atoms with Crippen molar-refractivity contribution in [1.29, 1.82) is 0 Å². The molecule has 0 aliphatic rings. The minimum atomic E-state index is -0.533. The molecular formula is C13H10BrF2NO. The zero-order chi connectivity index (χ0) is 13.1. The quantitative estimate of drug-likeness (QED) is 0.930. The van der Waals surface area contributed by atoms with Crippen LogP contribution in [0.5, 0.6) is 11.5 Å². The number of halogens is 3. The van der Waals surface area contributed by atoms with E-state index < -0.39 is 11.6 Å². The third-order valence-electron chi connectivity index (χ3n) is 2.35. The predicted octanol–water partition coefficient (Wildman–Crippen LogP) is 3.98. The number of hydrogen-bond acceptors (Lipinski definition) is 2. The first kappa shape index (κ1) is 13.0. The molecule has 0 bridgehead atoms. The normalized spacial score (nSPS) is 10.4. The lowest BCUT2D eigenvalue weighted by Crippen LogP contribution is -1.98. The van der Waals surface area contributed by atoms with Crippen LogP contribution in [0.3, 0.4) is 0 Å². The van der Waals surface area contributed by atoms with E-state index in [1.165, 1.54) is 30.3 Å². The summed E-state index contributed by atoms with van der Waals surface area (Å²) in [7, 11) is 0. The molecule has 5 heteroatoms. The van der Waals surface area contributed by atoms with Gasteiger partial charge in [0.1, 0.15) is 11.6 Å². The molecule has 2 aromatic carbocycles. The van der Waals surface area contributed by atoms with Crippen LogP contribution >= 0.6 is 15.9 Å². The molecule has 0 saturated carbocycles. The van der Waals surface area contributed by atoms with Crippen molar-refractivity contribution in [1.82, 2.24) is 0 Å². The Morgan fingerprint density at radius 1 is 1.06 bits per heavy atom. The van der Waals surface area contributed by atoms with Crippen molar-refractivity contribution >= 4 is 15.9 Å². The molecule has 0 aliphatic heterocycles. The molecule has 0 fully saturated rings. The van der Waals surface area contributed by atoms with Crippen LogP contribution < -0.4 is 10.5 Å². The molecule has 0 unspecified atom stereocenters. The molecule has 2 rings (SSSR count). The van der Waals surface area contributed by atoms with E-state index in [-0.39, 0.29) is 18.0 Å². The molecule has 0 atom stereocenters. The fraction of sp³-hybridized carbons (Fsp3) is 0.0769. The monoisotopic (exact) mass is 313 g/mol. The van der Waals surface area contributed by atoms with Gasteiger partial charge in [-0.2, -0.15) is 0 Å². The fourth-order valence-electron chi connectivity index (χ4n) is 1.43. The zero-order valence-corrected chi connectivity index (χ0v) is 10.9. The van der Waals surface area contributed by atoms with Gasteiger partial charge in [-0.25, -0.2) is 8.78 Å². The van der Waals surface area contributed by atoms with Gasteiger partial charge in [-0.15, -0.1) is 0 Å². The van der Waals surface area contributed by atoms with E-state index in [1.807, 2.05) is 0 Å². The van der Waals surface area contributed by atoms with Gasteiger partial charge >= 0.3 is 0 Å². The SMILES string of the molecule is NCc1ccc(Oc2cc(F)ccc2Br)c(F)c1. The lowest BCUT2D eigenvalue weighted by molar-refractivity contribution is 0.436. The Bertz CT molecular complexity index is 575. The summed E-state index contributed by atoms with van der Waals surface area (Å²) in [5.74, 6) is -0.741. The average molecular weight is 314 g/mol. The Kier molecular flexibility index (Phi) is 3.93. The maximum atomic E-state index is 13.7. The third-order valence-corrected chi connectivity index (χ3v) is 3.00. The van der Waals surface area contributed by atoms with Gasteiger partial charge in [-0.3, -0.25) is 0 Å². The van der Waals surface area contributed by atoms with Crippen molar-refractivity contribution in [2.24, 2.45) is 5.73 Å². The number of hydrogen-bond donors (Lipinski definition) is 1. The summed E-state index contributed by atoms with van der Waals surface area (Å²) in [6.07, 6.45) is 0. The van der Waals surface area contributed by atoms with Crippen LogP contribution in [0.1, 0.15) is 5.56 Å². The summed E-state index contributed by atoms with van der Waals surface area (Å²) >= 11 is 3.21. The standard InChI is InChI=1S/C13H10BrF2NO/c14-10-3-2-9(15)6-13(10)18-12-4-1-8(7-17)5-11(12)16/h1-6H,7,17H2. The minimum absolute atomic E-state index is 0.0264. The molecule has 0 aromatic heterocycles.